The van der Waals surface area contributed by atoms with Crippen LogP contribution in [0.4, 0.5) is 0 Å². The highest BCUT2D eigenvalue weighted by Crippen LogP contribution is 2.29. The quantitative estimate of drug-likeness (QED) is 0.538. The fraction of sp³-hybridized carbons (Fsp3) is 0.765. The van der Waals surface area contributed by atoms with Crippen molar-refractivity contribution >= 4 is 23.7 Å². The van der Waals surface area contributed by atoms with E-state index in [0.29, 0.717) is 32.5 Å². The Bertz CT molecular complexity index is 542. The third-order valence-corrected chi connectivity index (χ3v) is 4.87. The molecule has 8 heteroatoms. The Morgan fingerprint density at radius 3 is 2.24 bits per heavy atom. The number of nitrogens with one attached hydrogen (secondary N) is 1. The van der Waals surface area contributed by atoms with Gasteiger partial charge in [0.25, 0.3) is 0 Å². The van der Waals surface area contributed by atoms with Crippen molar-refractivity contribution in [2.45, 2.75) is 51.5 Å². The standard InChI is InChI=1S/C17H27N3O5/c1-3-19-10-11-20(15(23)14(19)22)12-13(21)18-17(16(24)25-4-2)8-6-5-7-9-17/h3-12H2,1-2H3,(H,18,21). The van der Waals surface area contributed by atoms with Crippen LogP contribution in [0.3, 0.4) is 0 Å². The Hall–Kier alpha value is -2.12. The number of likely N-dealkylation sites (N-methyl/N-ethyl adjacent to an activating group) is 1. The molecule has 1 N–H and O–H groups in total. The number of esters is 1. The maximum atomic E-state index is 12.5. The number of carbonyl (C=O) groups excluding carboxylic acids is 4. The predicted molar refractivity (Wildman–Crippen MR) is 89.4 cm³/mol. The van der Waals surface area contributed by atoms with E-state index in [0.717, 1.165) is 19.3 Å². The van der Waals surface area contributed by atoms with Crippen molar-refractivity contribution in [2.24, 2.45) is 0 Å². The van der Waals surface area contributed by atoms with Gasteiger partial charge in [-0.1, -0.05) is 19.3 Å². The van der Waals surface area contributed by atoms with Crippen molar-refractivity contribution in [1.82, 2.24) is 15.1 Å². The van der Waals surface area contributed by atoms with Gasteiger partial charge in [-0.05, 0) is 26.7 Å². The summed E-state index contributed by atoms with van der Waals surface area (Å²) in [5.41, 5.74) is -1.01. The normalized spacial score (nSPS) is 20.4. The first-order chi connectivity index (χ1) is 11.9. The number of rotatable bonds is 6. The Morgan fingerprint density at radius 1 is 1.04 bits per heavy atom. The van der Waals surface area contributed by atoms with Crippen molar-refractivity contribution in [3.63, 3.8) is 0 Å². The van der Waals surface area contributed by atoms with Crippen molar-refractivity contribution in [1.29, 1.82) is 0 Å². The summed E-state index contributed by atoms with van der Waals surface area (Å²) in [6.07, 6.45) is 3.77. The maximum absolute atomic E-state index is 12.5. The Kier molecular flexibility index (Phi) is 6.39. The van der Waals surface area contributed by atoms with Crippen LogP contribution in [0.2, 0.25) is 0 Å². The summed E-state index contributed by atoms with van der Waals surface area (Å²) >= 11 is 0. The van der Waals surface area contributed by atoms with Crippen LogP contribution in [0.5, 0.6) is 0 Å². The first-order valence-electron chi connectivity index (χ1n) is 9.00. The molecule has 2 aliphatic rings. The second-order valence-electron chi connectivity index (χ2n) is 6.52. The van der Waals surface area contributed by atoms with Gasteiger partial charge in [0.1, 0.15) is 12.1 Å². The van der Waals surface area contributed by atoms with Crippen LogP contribution in [0.25, 0.3) is 0 Å². The van der Waals surface area contributed by atoms with Gasteiger partial charge in [0.05, 0.1) is 6.61 Å². The molecule has 0 aromatic heterocycles. The maximum Gasteiger partial charge on any atom is 0.331 e. The average molecular weight is 353 g/mol. The number of piperazine rings is 1. The van der Waals surface area contributed by atoms with Crippen LogP contribution in [-0.4, -0.2) is 71.8 Å². The minimum absolute atomic E-state index is 0.219. The third kappa shape index (κ3) is 4.29. The zero-order valence-corrected chi connectivity index (χ0v) is 15.0. The fourth-order valence-electron chi connectivity index (χ4n) is 3.45. The summed E-state index contributed by atoms with van der Waals surface area (Å²) in [6.45, 7) is 4.77. The molecule has 1 aliphatic carbocycles. The number of amides is 3. The minimum Gasteiger partial charge on any atom is -0.464 e. The molecule has 2 fully saturated rings. The molecule has 1 saturated carbocycles. The average Bonchev–Trinajstić information content (AvgIpc) is 2.60. The van der Waals surface area contributed by atoms with Gasteiger partial charge in [0, 0.05) is 19.6 Å². The first-order valence-corrected chi connectivity index (χ1v) is 9.00. The Morgan fingerprint density at radius 2 is 1.64 bits per heavy atom. The summed E-state index contributed by atoms with van der Waals surface area (Å²) in [4.78, 5) is 51.5. The van der Waals surface area contributed by atoms with Crippen molar-refractivity contribution in [2.75, 3.05) is 32.8 Å². The fourth-order valence-corrected chi connectivity index (χ4v) is 3.45. The molecule has 0 bridgehead atoms. The minimum atomic E-state index is -1.01. The molecule has 140 valence electrons. The number of hydrogen-bond acceptors (Lipinski definition) is 5. The van der Waals surface area contributed by atoms with E-state index in [1.54, 1.807) is 13.8 Å². The lowest BCUT2D eigenvalue weighted by Crippen LogP contribution is -2.60. The summed E-state index contributed by atoms with van der Waals surface area (Å²) in [5.74, 6) is -2.10. The highest BCUT2D eigenvalue weighted by molar-refractivity contribution is 6.35. The molecular weight excluding hydrogens is 326 g/mol. The van der Waals surface area contributed by atoms with Crippen LogP contribution in [0.1, 0.15) is 46.0 Å². The van der Waals surface area contributed by atoms with E-state index in [-0.39, 0.29) is 13.2 Å². The van der Waals surface area contributed by atoms with Crippen LogP contribution in [-0.2, 0) is 23.9 Å². The molecule has 0 atom stereocenters. The zero-order valence-electron chi connectivity index (χ0n) is 15.0. The molecule has 0 unspecified atom stereocenters. The molecule has 0 spiro atoms. The molecule has 0 aromatic carbocycles. The van der Waals surface area contributed by atoms with E-state index in [2.05, 4.69) is 5.32 Å². The van der Waals surface area contributed by atoms with Gasteiger partial charge in [-0.2, -0.15) is 0 Å². The zero-order chi connectivity index (χ0) is 18.4. The van der Waals surface area contributed by atoms with Crippen molar-refractivity contribution < 1.29 is 23.9 Å². The number of nitrogens with zero attached hydrogens (tertiary/aromatic N) is 2. The Labute approximate surface area is 147 Å². The molecule has 0 aromatic rings. The molecule has 2 rings (SSSR count). The van der Waals surface area contributed by atoms with Crippen LogP contribution in [0.15, 0.2) is 0 Å². The van der Waals surface area contributed by atoms with E-state index in [1.165, 1.54) is 9.80 Å². The third-order valence-electron chi connectivity index (χ3n) is 4.87. The number of carbonyl (C=O) groups is 4. The van der Waals surface area contributed by atoms with Gasteiger partial charge in [0.2, 0.25) is 5.91 Å². The molecule has 1 saturated heterocycles. The molecular formula is C17H27N3O5. The van der Waals surface area contributed by atoms with Gasteiger partial charge in [-0.25, -0.2) is 4.79 Å². The van der Waals surface area contributed by atoms with Gasteiger partial charge >= 0.3 is 17.8 Å². The van der Waals surface area contributed by atoms with Crippen molar-refractivity contribution in [3.8, 4) is 0 Å². The van der Waals surface area contributed by atoms with E-state index in [9.17, 15) is 19.2 Å². The lowest BCUT2D eigenvalue weighted by atomic mass is 9.81. The second-order valence-corrected chi connectivity index (χ2v) is 6.52. The van der Waals surface area contributed by atoms with Crippen LogP contribution in [0, 0.1) is 0 Å². The molecule has 0 radical (unpaired) electrons. The van der Waals surface area contributed by atoms with Gasteiger partial charge in [0.15, 0.2) is 0 Å². The molecule has 1 heterocycles. The van der Waals surface area contributed by atoms with Crippen LogP contribution < -0.4 is 5.32 Å². The largest absolute Gasteiger partial charge is 0.464 e. The monoisotopic (exact) mass is 353 g/mol. The van der Waals surface area contributed by atoms with Gasteiger partial charge in [-0.3, -0.25) is 14.4 Å². The summed E-state index contributed by atoms with van der Waals surface area (Å²) in [6, 6.07) is 0. The first kappa shape index (κ1) is 19.2. The summed E-state index contributed by atoms with van der Waals surface area (Å²) in [7, 11) is 0. The SMILES string of the molecule is CCOC(=O)C1(NC(=O)CN2CCN(CC)C(=O)C2=O)CCCCC1. The lowest BCUT2D eigenvalue weighted by Gasteiger charge is -2.37. The summed E-state index contributed by atoms with van der Waals surface area (Å²) < 4.78 is 5.15. The number of hydrogen-bond donors (Lipinski definition) is 1. The van der Waals surface area contributed by atoms with Crippen molar-refractivity contribution in [3.05, 3.63) is 0 Å². The molecule has 1 aliphatic heterocycles. The highest BCUT2D eigenvalue weighted by atomic mass is 16.5. The highest BCUT2D eigenvalue weighted by Gasteiger charge is 2.43. The second kappa shape index (κ2) is 8.31. The predicted octanol–water partition coefficient (Wildman–Crippen LogP) is 0.0593. The molecule has 3 amide bonds. The van der Waals surface area contributed by atoms with E-state index >= 15 is 0 Å². The lowest BCUT2D eigenvalue weighted by molar-refractivity contribution is -0.158. The van der Waals surface area contributed by atoms with E-state index < -0.39 is 29.2 Å². The Balaban J connectivity index is 2.00. The van der Waals surface area contributed by atoms with Gasteiger partial charge in [-0.15, -0.1) is 0 Å². The smallest absolute Gasteiger partial charge is 0.331 e. The number of ether oxygens (including phenoxy) is 1. The van der Waals surface area contributed by atoms with E-state index in [1.807, 2.05) is 0 Å². The topological polar surface area (TPSA) is 96.0 Å². The van der Waals surface area contributed by atoms with Crippen LogP contribution >= 0.6 is 0 Å². The molecule has 8 nitrogen and oxygen atoms in total. The molecule has 25 heavy (non-hydrogen) atoms. The summed E-state index contributed by atoms with van der Waals surface area (Å²) in [5, 5.41) is 2.79. The van der Waals surface area contributed by atoms with Gasteiger partial charge < -0.3 is 19.9 Å². The van der Waals surface area contributed by atoms with E-state index in [4.69, 9.17) is 4.74 Å².